The van der Waals surface area contributed by atoms with Crippen LogP contribution in [0.3, 0.4) is 0 Å². The Morgan fingerprint density at radius 1 is 1.08 bits per heavy atom. The molecule has 4 nitrogen and oxygen atoms in total. The van der Waals surface area contributed by atoms with Gasteiger partial charge in [-0.1, -0.05) is 35.0 Å². The number of rotatable bonds is 6. The molecule has 4 rings (SSSR count). The number of hydrogen-bond acceptors (Lipinski definition) is 5. The van der Waals surface area contributed by atoms with Crippen LogP contribution in [0, 0.1) is 0 Å². The smallest absolute Gasteiger partial charge is 0.137 e. The van der Waals surface area contributed by atoms with E-state index in [4.69, 9.17) is 16.1 Å². The fourth-order valence-electron chi connectivity index (χ4n) is 3.37. The molecule has 0 radical (unpaired) electrons. The molecule has 26 heavy (non-hydrogen) atoms. The van der Waals surface area contributed by atoms with Crippen LogP contribution in [0.1, 0.15) is 12.2 Å². The highest BCUT2D eigenvalue weighted by Crippen LogP contribution is 2.26. The van der Waals surface area contributed by atoms with Crippen LogP contribution in [0.25, 0.3) is 10.6 Å². The standard InChI is InChI=1S/C20H22ClN3OS/c21-17-6-1-2-7-19(17)24-12-10-23(11-13-24)9-3-5-16-15-18(22-25-16)20-8-4-14-26-20/h1-2,4,6-8,14-15H,3,5,9-13H2. The molecule has 6 heteroatoms. The zero-order valence-electron chi connectivity index (χ0n) is 14.6. The fourth-order valence-corrected chi connectivity index (χ4v) is 4.30. The second-order valence-electron chi connectivity index (χ2n) is 6.54. The van der Waals surface area contributed by atoms with Gasteiger partial charge in [-0.15, -0.1) is 11.3 Å². The highest BCUT2D eigenvalue weighted by atomic mass is 35.5. The quantitative estimate of drug-likeness (QED) is 0.607. The van der Waals surface area contributed by atoms with Crippen LogP contribution >= 0.6 is 22.9 Å². The van der Waals surface area contributed by atoms with Gasteiger partial charge in [-0.2, -0.15) is 0 Å². The number of benzene rings is 1. The molecule has 0 unspecified atom stereocenters. The van der Waals surface area contributed by atoms with Crippen molar-refractivity contribution in [1.29, 1.82) is 0 Å². The van der Waals surface area contributed by atoms with E-state index in [-0.39, 0.29) is 0 Å². The normalized spacial score (nSPS) is 15.5. The molecular weight excluding hydrogens is 366 g/mol. The number of piperazine rings is 1. The second-order valence-corrected chi connectivity index (χ2v) is 7.89. The predicted molar refractivity (Wildman–Crippen MR) is 108 cm³/mol. The van der Waals surface area contributed by atoms with Gasteiger partial charge in [-0.3, -0.25) is 4.90 Å². The minimum Gasteiger partial charge on any atom is -0.368 e. The van der Waals surface area contributed by atoms with Gasteiger partial charge in [0, 0.05) is 38.7 Å². The number of halogens is 1. The Balaban J connectivity index is 1.22. The van der Waals surface area contributed by atoms with Crippen molar-refractivity contribution in [1.82, 2.24) is 10.1 Å². The maximum absolute atomic E-state index is 6.31. The third-order valence-electron chi connectivity index (χ3n) is 4.80. The molecule has 136 valence electrons. The van der Waals surface area contributed by atoms with E-state index in [1.54, 1.807) is 11.3 Å². The maximum Gasteiger partial charge on any atom is 0.137 e. The lowest BCUT2D eigenvalue weighted by molar-refractivity contribution is 0.251. The number of aryl methyl sites for hydroxylation is 1. The van der Waals surface area contributed by atoms with Crippen LogP contribution in [0.15, 0.2) is 52.4 Å². The average molecular weight is 388 g/mol. The zero-order chi connectivity index (χ0) is 17.8. The Hall–Kier alpha value is -1.82. The molecule has 3 aromatic rings. The van der Waals surface area contributed by atoms with Crippen molar-refractivity contribution >= 4 is 28.6 Å². The molecule has 0 saturated carbocycles. The Labute approximate surface area is 163 Å². The minimum absolute atomic E-state index is 0.841. The summed E-state index contributed by atoms with van der Waals surface area (Å²) in [5, 5.41) is 7.08. The van der Waals surface area contributed by atoms with Crippen molar-refractivity contribution in [3.05, 3.63) is 58.6 Å². The fraction of sp³-hybridized carbons (Fsp3) is 0.350. The number of thiophene rings is 1. The predicted octanol–water partition coefficient (Wildman–Crippen LogP) is 4.81. The first-order valence-electron chi connectivity index (χ1n) is 9.01. The lowest BCUT2D eigenvalue weighted by Gasteiger charge is -2.36. The van der Waals surface area contributed by atoms with Crippen molar-refractivity contribution < 1.29 is 4.52 Å². The third kappa shape index (κ3) is 4.11. The van der Waals surface area contributed by atoms with Crippen molar-refractivity contribution in [2.24, 2.45) is 0 Å². The van der Waals surface area contributed by atoms with E-state index < -0.39 is 0 Å². The van der Waals surface area contributed by atoms with E-state index in [9.17, 15) is 0 Å². The summed E-state index contributed by atoms with van der Waals surface area (Å²) < 4.78 is 5.48. The van der Waals surface area contributed by atoms with Crippen LogP contribution < -0.4 is 4.90 Å². The minimum atomic E-state index is 0.841. The van der Waals surface area contributed by atoms with Crippen molar-refractivity contribution in [3.63, 3.8) is 0 Å². The molecule has 0 bridgehead atoms. The van der Waals surface area contributed by atoms with Crippen LogP contribution in [-0.4, -0.2) is 42.8 Å². The van der Waals surface area contributed by atoms with Gasteiger partial charge in [0.15, 0.2) is 0 Å². The Kier molecular flexibility index (Phi) is 5.58. The Bertz CT molecular complexity index is 825. The molecule has 1 fully saturated rings. The first-order valence-corrected chi connectivity index (χ1v) is 10.3. The van der Waals surface area contributed by atoms with Gasteiger partial charge in [0.05, 0.1) is 15.6 Å². The van der Waals surface area contributed by atoms with E-state index in [1.165, 1.54) is 0 Å². The summed E-state index contributed by atoms with van der Waals surface area (Å²) in [6.07, 6.45) is 2.02. The molecule has 0 atom stereocenters. The van der Waals surface area contributed by atoms with Gasteiger partial charge < -0.3 is 9.42 Å². The summed E-state index contributed by atoms with van der Waals surface area (Å²) in [4.78, 5) is 6.06. The maximum atomic E-state index is 6.31. The highest BCUT2D eigenvalue weighted by Gasteiger charge is 2.18. The topological polar surface area (TPSA) is 32.5 Å². The van der Waals surface area contributed by atoms with Crippen molar-refractivity contribution in [3.8, 4) is 10.6 Å². The third-order valence-corrected chi connectivity index (χ3v) is 6.01. The molecular formula is C20H22ClN3OS. The molecule has 1 saturated heterocycles. The number of nitrogens with zero attached hydrogens (tertiary/aromatic N) is 3. The molecule has 0 spiro atoms. The molecule has 1 aromatic carbocycles. The second kappa shape index (κ2) is 8.25. The van der Waals surface area contributed by atoms with Gasteiger partial charge in [0.25, 0.3) is 0 Å². The van der Waals surface area contributed by atoms with Crippen LogP contribution in [0.5, 0.6) is 0 Å². The summed E-state index contributed by atoms with van der Waals surface area (Å²) in [7, 11) is 0. The molecule has 1 aliphatic heterocycles. The highest BCUT2D eigenvalue weighted by molar-refractivity contribution is 7.13. The van der Waals surface area contributed by atoms with E-state index in [1.807, 2.05) is 18.2 Å². The van der Waals surface area contributed by atoms with Crippen LogP contribution in [0.4, 0.5) is 5.69 Å². The first-order chi connectivity index (χ1) is 12.8. The summed E-state index contributed by atoms with van der Waals surface area (Å²) in [5.74, 6) is 0.975. The molecule has 0 N–H and O–H groups in total. The molecule has 2 aromatic heterocycles. The van der Waals surface area contributed by atoms with Gasteiger partial charge in [-0.05, 0) is 36.5 Å². The average Bonchev–Trinajstić information content (AvgIpc) is 3.34. The molecule has 1 aliphatic rings. The van der Waals surface area contributed by atoms with Crippen LogP contribution in [0.2, 0.25) is 5.02 Å². The lowest BCUT2D eigenvalue weighted by atomic mass is 10.2. The summed E-state index contributed by atoms with van der Waals surface area (Å²) in [6.45, 7) is 5.28. The molecule has 0 amide bonds. The Morgan fingerprint density at radius 3 is 2.69 bits per heavy atom. The van der Waals surface area contributed by atoms with E-state index in [0.717, 1.165) is 72.6 Å². The summed E-state index contributed by atoms with van der Waals surface area (Å²) in [6, 6.07) is 14.3. The van der Waals surface area contributed by atoms with E-state index in [2.05, 4.69) is 44.6 Å². The van der Waals surface area contributed by atoms with Crippen molar-refractivity contribution in [2.45, 2.75) is 12.8 Å². The first kappa shape index (κ1) is 17.6. The number of para-hydroxylation sites is 1. The summed E-state index contributed by atoms with van der Waals surface area (Å²) >= 11 is 8.00. The summed E-state index contributed by atoms with van der Waals surface area (Å²) in [5.41, 5.74) is 2.10. The zero-order valence-corrected chi connectivity index (χ0v) is 16.2. The van der Waals surface area contributed by atoms with Gasteiger partial charge >= 0.3 is 0 Å². The number of anilines is 1. The van der Waals surface area contributed by atoms with Gasteiger partial charge in [-0.25, -0.2) is 0 Å². The monoisotopic (exact) mass is 387 g/mol. The molecule has 0 aliphatic carbocycles. The SMILES string of the molecule is Clc1ccccc1N1CCN(CCCc2cc(-c3cccs3)no2)CC1. The lowest BCUT2D eigenvalue weighted by Crippen LogP contribution is -2.46. The Morgan fingerprint density at radius 2 is 1.92 bits per heavy atom. The van der Waals surface area contributed by atoms with Crippen LogP contribution in [-0.2, 0) is 6.42 Å². The number of hydrogen-bond donors (Lipinski definition) is 0. The van der Waals surface area contributed by atoms with Crippen molar-refractivity contribution in [2.75, 3.05) is 37.6 Å². The number of aromatic nitrogens is 1. The van der Waals surface area contributed by atoms with Gasteiger partial charge in [0.1, 0.15) is 11.5 Å². The largest absolute Gasteiger partial charge is 0.368 e. The van der Waals surface area contributed by atoms with Gasteiger partial charge in [0.2, 0.25) is 0 Å². The van der Waals surface area contributed by atoms with E-state index in [0.29, 0.717) is 0 Å². The molecule has 3 heterocycles. The van der Waals surface area contributed by atoms with E-state index >= 15 is 0 Å².